The van der Waals surface area contributed by atoms with Crippen molar-refractivity contribution in [3.05, 3.63) is 95.6 Å². The lowest BCUT2D eigenvalue weighted by Gasteiger charge is -2.35. The Morgan fingerprint density at radius 3 is 2.10 bits per heavy atom. The number of hydrazone groups is 1. The van der Waals surface area contributed by atoms with E-state index >= 15 is 0 Å². The molecule has 0 atom stereocenters. The van der Waals surface area contributed by atoms with E-state index < -0.39 is 0 Å². The van der Waals surface area contributed by atoms with Gasteiger partial charge in [-0.2, -0.15) is 5.10 Å². The SMILES string of the molecule is C(=N/N1CC[NH+](C(c2ccccc2)c2ccccc2)CC1)/c1ccc2c(c1)OCO2. The van der Waals surface area contributed by atoms with Crippen molar-refractivity contribution in [2.75, 3.05) is 33.0 Å². The summed E-state index contributed by atoms with van der Waals surface area (Å²) in [6.45, 7) is 4.27. The molecule has 0 saturated carbocycles. The van der Waals surface area contributed by atoms with Gasteiger partial charge in [0.25, 0.3) is 0 Å². The molecule has 0 spiro atoms. The zero-order chi connectivity index (χ0) is 20.2. The van der Waals surface area contributed by atoms with E-state index in [0.29, 0.717) is 12.8 Å². The number of quaternary nitrogens is 1. The largest absolute Gasteiger partial charge is 0.454 e. The average Bonchev–Trinajstić information content (AvgIpc) is 3.28. The van der Waals surface area contributed by atoms with E-state index in [2.05, 4.69) is 65.7 Å². The van der Waals surface area contributed by atoms with Gasteiger partial charge in [0.1, 0.15) is 6.04 Å². The minimum absolute atomic E-state index is 0.296. The molecule has 1 fully saturated rings. The van der Waals surface area contributed by atoms with Crippen molar-refractivity contribution in [2.45, 2.75) is 6.04 Å². The maximum absolute atomic E-state index is 5.45. The first kappa shape index (κ1) is 18.7. The molecule has 0 aliphatic carbocycles. The van der Waals surface area contributed by atoms with Gasteiger partial charge in [0.05, 0.1) is 32.4 Å². The van der Waals surface area contributed by atoms with Crippen molar-refractivity contribution in [3.63, 3.8) is 0 Å². The summed E-state index contributed by atoms with van der Waals surface area (Å²) in [6.07, 6.45) is 1.92. The molecule has 0 aromatic heterocycles. The normalized spacial score (nSPS) is 16.5. The van der Waals surface area contributed by atoms with Crippen molar-refractivity contribution < 1.29 is 14.4 Å². The fraction of sp³-hybridized carbons (Fsp3) is 0.240. The second-order valence-corrected chi connectivity index (χ2v) is 7.72. The van der Waals surface area contributed by atoms with Crippen LogP contribution in [0.5, 0.6) is 11.5 Å². The first-order chi connectivity index (χ1) is 14.9. The second-order valence-electron chi connectivity index (χ2n) is 7.72. The molecule has 0 unspecified atom stereocenters. The highest BCUT2D eigenvalue weighted by Gasteiger charge is 2.29. The van der Waals surface area contributed by atoms with E-state index in [1.54, 1.807) is 4.90 Å². The number of hydrogen-bond donors (Lipinski definition) is 1. The molecule has 1 N–H and O–H groups in total. The molecule has 1 saturated heterocycles. The molecule has 0 radical (unpaired) electrons. The summed E-state index contributed by atoms with van der Waals surface area (Å²) >= 11 is 0. The monoisotopic (exact) mass is 400 g/mol. The predicted molar refractivity (Wildman–Crippen MR) is 117 cm³/mol. The summed E-state index contributed by atoms with van der Waals surface area (Å²) in [5, 5.41) is 6.88. The Morgan fingerprint density at radius 2 is 1.43 bits per heavy atom. The second kappa shape index (κ2) is 8.59. The number of hydrogen-bond acceptors (Lipinski definition) is 4. The fourth-order valence-corrected chi connectivity index (χ4v) is 4.28. The smallest absolute Gasteiger partial charge is 0.231 e. The number of rotatable bonds is 5. The van der Waals surface area contributed by atoms with Crippen LogP contribution in [0.3, 0.4) is 0 Å². The highest BCUT2D eigenvalue weighted by atomic mass is 16.7. The molecule has 5 rings (SSSR count). The maximum Gasteiger partial charge on any atom is 0.231 e. The number of ether oxygens (including phenoxy) is 2. The Bertz CT molecular complexity index is 960. The average molecular weight is 401 g/mol. The van der Waals surface area contributed by atoms with Gasteiger partial charge in [-0.05, 0) is 23.8 Å². The van der Waals surface area contributed by atoms with Crippen LogP contribution < -0.4 is 14.4 Å². The van der Waals surface area contributed by atoms with Gasteiger partial charge in [-0.3, -0.25) is 5.01 Å². The van der Waals surface area contributed by atoms with E-state index in [1.807, 2.05) is 24.4 Å². The first-order valence-electron chi connectivity index (χ1n) is 10.5. The number of nitrogens with one attached hydrogen (secondary N) is 1. The van der Waals surface area contributed by atoms with Crippen LogP contribution in [-0.4, -0.2) is 44.2 Å². The summed E-state index contributed by atoms with van der Waals surface area (Å²) in [4.78, 5) is 1.59. The van der Waals surface area contributed by atoms with Crippen molar-refractivity contribution >= 4 is 6.21 Å². The Hall–Kier alpha value is -3.31. The van der Waals surface area contributed by atoms with E-state index in [1.165, 1.54) is 11.1 Å². The highest BCUT2D eigenvalue weighted by Crippen LogP contribution is 2.32. The van der Waals surface area contributed by atoms with Crippen LogP contribution in [0.2, 0.25) is 0 Å². The predicted octanol–water partition coefficient (Wildman–Crippen LogP) is 2.74. The van der Waals surface area contributed by atoms with Crippen molar-refractivity contribution in [1.29, 1.82) is 0 Å². The third-order valence-electron chi connectivity index (χ3n) is 5.82. The summed E-state index contributed by atoms with van der Waals surface area (Å²) in [5.74, 6) is 1.60. The lowest BCUT2D eigenvalue weighted by molar-refractivity contribution is -0.929. The number of benzene rings is 3. The van der Waals surface area contributed by atoms with Crippen LogP contribution in [0.4, 0.5) is 0 Å². The highest BCUT2D eigenvalue weighted by molar-refractivity contribution is 5.80. The van der Waals surface area contributed by atoms with Gasteiger partial charge in [-0.1, -0.05) is 60.7 Å². The summed E-state index contributed by atoms with van der Waals surface area (Å²) < 4.78 is 10.8. The zero-order valence-electron chi connectivity index (χ0n) is 16.9. The van der Waals surface area contributed by atoms with Crippen LogP contribution in [0.15, 0.2) is 84.0 Å². The van der Waals surface area contributed by atoms with Crippen LogP contribution in [0, 0.1) is 0 Å². The Kier molecular flexibility index (Phi) is 5.36. The van der Waals surface area contributed by atoms with Crippen molar-refractivity contribution in [1.82, 2.24) is 5.01 Å². The summed E-state index contributed by atoms with van der Waals surface area (Å²) in [7, 11) is 0. The van der Waals surface area contributed by atoms with Gasteiger partial charge in [-0.25, -0.2) is 0 Å². The van der Waals surface area contributed by atoms with Gasteiger partial charge in [0, 0.05) is 11.1 Å². The molecule has 2 heterocycles. The molecule has 3 aromatic rings. The maximum atomic E-state index is 5.45. The molecule has 152 valence electrons. The van der Waals surface area contributed by atoms with Crippen LogP contribution in [0.25, 0.3) is 0 Å². The standard InChI is InChI=1S/C25H25N3O2/c1-3-7-21(8-4-1)25(22-9-5-2-6-10-22)27-13-15-28(16-14-27)26-18-20-11-12-23-24(17-20)30-19-29-23/h1-12,17-18,25H,13-16,19H2/p+1/b26-18-. The molecule has 5 nitrogen and oxygen atoms in total. The van der Waals surface area contributed by atoms with E-state index in [4.69, 9.17) is 14.6 Å². The molecule has 2 aliphatic heterocycles. The van der Waals surface area contributed by atoms with E-state index in [9.17, 15) is 0 Å². The molecule has 0 amide bonds. The van der Waals surface area contributed by atoms with E-state index in [0.717, 1.165) is 43.2 Å². The van der Waals surface area contributed by atoms with Gasteiger partial charge < -0.3 is 14.4 Å². The summed E-state index contributed by atoms with van der Waals surface area (Å²) in [6, 6.07) is 28.0. The van der Waals surface area contributed by atoms with Crippen molar-refractivity contribution in [2.24, 2.45) is 5.10 Å². The molecular weight excluding hydrogens is 374 g/mol. The minimum Gasteiger partial charge on any atom is -0.454 e. The molecule has 5 heteroatoms. The number of nitrogens with zero attached hydrogens (tertiary/aromatic N) is 2. The molecule has 0 bridgehead atoms. The lowest BCUT2D eigenvalue weighted by atomic mass is 9.96. The van der Waals surface area contributed by atoms with Crippen LogP contribution in [0.1, 0.15) is 22.7 Å². The van der Waals surface area contributed by atoms with Gasteiger partial charge in [-0.15, -0.1) is 0 Å². The summed E-state index contributed by atoms with van der Waals surface area (Å²) in [5.41, 5.74) is 3.77. The van der Waals surface area contributed by atoms with Gasteiger partial charge in [0.15, 0.2) is 11.5 Å². The molecule has 30 heavy (non-hydrogen) atoms. The molecular formula is C25H26N3O2+. The Morgan fingerprint density at radius 1 is 0.800 bits per heavy atom. The van der Waals surface area contributed by atoms with Crippen molar-refractivity contribution in [3.8, 4) is 11.5 Å². The Balaban J connectivity index is 1.27. The molecule has 2 aliphatic rings. The lowest BCUT2D eigenvalue weighted by Crippen LogP contribution is -3.15. The van der Waals surface area contributed by atoms with Gasteiger partial charge >= 0.3 is 0 Å². The topological polar surface area (TPSA) is 38.5 Å². The van der Waals surface area contributed by atoms with E-state index in [-0.39, 0.29) is 0 Å². The van der Waals surface area contributed by atoms with Gasteiger partial charge in [0.2, 0.25) is 6.79 Å². The first-order valence-corrected chi connectivity index (χ1v) is 10.5. The fourth-order valence-electron chi connectivity index (χ4n) is 4.28. The quantitative estimate of drug-likeness (QED) is 0.670. The third kappa shape index (κ3) is 4.02. The zero-order valence-corrected chi connectivity index (χ0v) is 16.9. The van der Waals surface area contributed by atoms with Crippen LogP contribution >= 0.6 is 0 Å². The van der Waals surface area contributed by atoms with Crippen LogP contribution in [-0.2, 0) is 0 Å². The Labute approximate surface area is 177 Å². The molecule has 3 aromatic carbocycles. The number of fused-ring (bicyclic) bond motifs is 1. The minimum atomic E-state index is 0.296. The number of piperazine rings is 1. The third-order valence-corrected chi connectivity index (χ3v) is 5.82.